The lowest BCUT2D eigenvalue weighted by Crippen LogP contribution is -2.23. The van der Waals surface area contributed by atoms with Crippen molar-refractivity contribution in [2.45, 2.75) is 13.1 Å². The molecular formula is C21H22N4O3. The minimum absolute atomic E-state index is 0.237. The zero-order chi connectivity index (χ0) is 19.8. The Bertz CT molecular complexity index is 932. The summed E-state index contributed by atoms with van der Waals surface area (Å²) in [4.78, 5) is 20.5. The molecule has 2 N–H and O–H groups in total. The van der Waals surface area contributed by atoms with Gasteiger partial charge >= 0.3 is 0 Å². The van der Waals surface area contributed by atoms with Crippen LogP contribution in [0.3, 0.4) is 0 Å². The van der Waals surface area contributed by atoms with Gasteiger partial charge in [0.2, 0.25) is 0 Å². The number of hydrogen-bond acceptors (Lipinski definition) is 6. The van der Waals surface area contributed by atoms with Gasteiger partial charge in [-0.05, 0) is 41.5 Å². The Kier molecular flexibility index (Phi) is 6.41. The Labute approximate surface area is 163 Å². The number of amides is 1. The molecule has 1 amide bonds. The Morgan fingerprint density at radius 2 is 1.82 bits per heavy atom. The zero-order valence-electron chi connectivity index (χ0n) is 15.8. The summed E-state index contributed by atoms with van der Waals surface area (Å²) in [5.74, 6) is 1.12. The lowest BCUT2D eigenvalue weighted by atomic mass is 10.2. The second-order valence-electron chi connectivity index (χ2n) is 6.02. The first-order valence-corrected chi connectivity index (χ1v) is 8.77. The first kappa shape index (κ1) is 19.2. The maximum atomic E-state index is 12.3. The smallest absolute Gasteiger partial charge is 0.270 e. The first-order chi connectivity index (χ1) is 13.7. The van der Waals surface area contributed by atoms with Crippen molar-refractivity contribution in [1.29, 1.82) is 0 Å². The standard InChI is InChI=1S/C21H22N4O3/c1-27-19-6-5-15(10-20(19)28-2)13-24-17-7-9-23-18(11-17)21(26)25-14-16-4-3-8-22-12-16/h3-12H,13-14H2,1-2H3,(H,23,24)(H,25,26). The number of ether oxygens (including phenoxy) is 2. The monoisotopic (exact) mass is 378 g/mol. The number of nitrogens with one attached hydrogen (secondary N) is 2. The number of anilines is 1. The van der Waals surface area contributed by atoms with Crippen molar-refractivity contribution in [3.63, 3.8) is 0 Å². The number of carbonyl (C=O) groups is 1. The quantitative estimate of drug-likeness (QED) is 0.627. The van der Waals surface area contributed by atoms with Crippen molar-refractivity contribution in [3.05, 3.63) is 77.9 Å². The van der Waals surface area contributed by atoms with E-state index in [2.05, 4.69) is 20.6 Å². The molecule has 1 aromatic carbocycles. The van der Waals surface area contributed by atoms with Crippen LogP contribution in [0.1, 0.15) is 21.6 Å². The van der Waals surface area contributed by atoms with Crippen molar-refractivity contribution in [2.75, 3.05) is 19.5 Å². The van der Waals surface area contributed by atoms with Gasteiger partial charge in [0.1, 0.15) is 5.69 Å². The van der Waals surface area contributed by atoms with Gasteiger partial charge < -0.3 is 20.1 Å². The van der Waals surface area contributed by atoms with Crippen LogP contribution in [0.4, 0.5) is 5.69 Å². The molecule has 0 saturated heterocycles. The van der Waals surface area contributed by atoms with Crippen LogP contribution >= 0.6 is 0 Å². The predicted molar refractivity (Wildman–Crippen MR) is 107 cm³/mol. The number of carbonyl (C=O) groups excluding carboxylic acids is 1. The van der Waals surface area contributed by atoms with Crippen molar-refractivity contribution >= 4 is 11.6 Å². The maximum absolute atomic E-state index is 12.3. The number of aromatic nitrogens is 2. The summed E-state index contributed by atoms with van der Waals surface area (Å²) in [5.41, 5.74) is 3.10. The lowest BCUT2D eigenvalue weighted by molar-refractivity contribution is 0.0946. The lowest BCUT2D eigenvalue weighted by Gasteiger charge is -2.11. The van der Waals surface area contributed by atoms with Gasteiger partial charge in [0.05, 0.1) is 14.2 Å². The van der Waals surface area contributed by atoms with Crippen LogP contribution in [0.25, 0.3) is 0 Å². The third kappa shape index (κ3) is 4.97. The third-order valence-corrected chi connectivity index (χ3v) is 4.11. The van der Waals surface area contributed by atoms with Gasteiger partial charge in [0, 0.05) is 37.4 Å². The average molecular weight is 378 g/mol. The Morgan fingerprint density at radius 3 is 2.57 bits per heavy atom. The number of rotatable bonds is 8. The maximum Gasteiger partial charge on any atom is 0.270 e. The minimum atomic E-state index is -0.237. The summed E-state index contributed by atoms with van der Waals surface area (Å²) < 4.78 is 10.6. The topological polar surface area (TPSA) is 85.4 Å². The van der Waals surface area contributed by atoms with Crippen molar-refractivity contribution in [3.8, 4) is 11.5 Å². The van der Waals surface area contributed by atoms with E-state index in [1.165, 1.54) is 0 Å². The largest absolute Gasteiger partial charge is 0.493 e. The fraction of sp³-hybridized carbons (Fsp3) is 0.190. The molecule has 3 rings (SSSR count). The molecule has 0 unspecified atom stereocenters. The average Bonchev–Trinajstić information content (AvgIpc) is 2.76. The molecule has 0 bridgehead atoms. The summed E-state index contributed by atoms with van der Waals surface area (Å²) >= 11 is 0. The number of nitrogens with zero attached hydrogens (tertiary/aromatic N) is 2. The van der Waals surface area contributed by atoms with Gasteiger partial charge in [-0.25, -0.2) is 0 Å². The third-order valence-electron chi connectivity index (χ3n) is 4.11. The molecular weight excluding hydrogens is 356 g/mol. The van der Waals surface area contributed by atoms with Crippen LogP contribution in [0.15, 0.2) is 61.1 Å². The summed E-state index contributed by atoms with van der Waals surface area (Å²) in [5, 5.41) is 6.14. The molecule has 28 heavy (non-hydrogen) atoms. The highest BCUT2D eigenvalue weighted by Gasteiger charge is 2.09. The van der Waals surface area contributed by atoms with E-state index in [9.17, 15) is 4.79 Å². The normalized spacial score (nSPS) is 10.2. The highest BCUT2D eigenvalue weighted by Crippen LogP contribution is 2.27. The van der Waals surface area contributed by atoms with Gasteiger partial charge in [-0.2, -0.15) is 0 Å². The van der Waals surface area contributed by atoms with E-state index >= 15 is 0 Å². The molecule has 0 aliphatic carbocycles. The fourth-order valence-electron chi connectivity index (χ4n) is 2.63. The molecule has 7 heteroatoms. The summed E-state index contributed by atoms with van der Waals surface area (Å²) in [6.45, 7) is 0.971. The summed E-state index contributed by atoms with van der Waals surface area (Å²) in [6.07, 6.45) is 5.02. The Balaban J connectivity index is 1.61. The highest BCUT2D eigenvalue weighted by molar-refractivity contribution is 5.93. The molecule has 144 valence electrons. The van der Waals surface area contributed by atoms with Gasteiger partial charge in [-0.1, -0.05) is 12.1 Å². The van der Waals surface area contributed by atoms with E-state index in [-0.39, 0.29) is 5.91 Å². The highest BCUT2D eigenvalue weighted by atomic mass is 16.5. The van der Waals surface area contributed by atoms with Crippen LogP contribution in [0.2, 0.25) is 0 Å². The van der Waals surface area contributed by atoms with Crippen molar-refractivity contribution in [1.82, 2.24) is 15.3 Å². The van der Waals surface area contributed by atoms with E-state index in [0.717, 1.165) is 16.8 Å². The van der Waals surface area contributed by atoms with Crippen LogP contribution in [0, 0.1) is 0 Å². The Morgan fingerprint density at radius 1 is 0.964 bits per heavy atom. The summed E-state index contributed by atoms with van der Waals surface area (Å²) in [6, 6.07) is 13.0. The van der Waals surface area contributed by atoms with E-state index in [1.807, 2.05) is 36.4 Å². The predicted octanol–water partition coefficient (Wildman–Crippen LogP) is 3.04. The van der Waals surface area contributed by atoms with Gasteiger partial charge in [-0.3, -0.25) is 14.8 Å². The molecule has 0 aliphatic rings. The molecule has 0 spiro atoms. The molecule has 3 aromatic rings. The van der Waals surface area contributed by atoms with E-state index in [4.69, 9.17) is 9.47 Å². The second-order valence-corrected chi connectivity index (χ2v) is 6.02. The van der Waals surface area contributed by atoms with Crippen LogP contribution in [-0.2, 0) is 13.1 Å². The number of benzene rings is 1. The molecule has 2 heterocycles. The number of methoxy groups -OCH3 is 2. The van der Waals surface area contributed by atoms with Crippen LogP contribution < -0.4 is 20.1 Å². The van der Waals surface area contributed by atoms with Gasteiger partial charge in [-0.15, -0.1) is 0 Å². The van der Waals surface area contributed by atoms with Crippen LogP contribution in [-0.4, -0.2) is 30.1 Å². The minimum Gasteiger partial charge on any atom is -0.493 e. The first-order valence-electron chi connectivity index (χ1n) is 8.77. The molecule has 2 aromatic heterocycles. The van der Waals surface area contributed by atoms with Gasteiger partial charge in [0.15, 0.2) is 11.5 Å². The molecule has 0 aliphatic heterocycles. The van der Waals surface area contributed by atoms with Gasteiger partial charge in [0.25, 0.3) is 5.91 Å². The number of hydrogen-bond donors (Lipinski definition) is 2. The fourth-order valence-corrected chi connectivity index (χ4v) is 2.63. The van der Waals surface area contributed by atoms with E-state index in [0.29, 0.717) is 30.3 Å². The molecule has 7 nitrogen and oxygen atoms in total. The molecule has 0 atom stereocenters. The Hall–Kier alpha value is -3.61. The molecule has 0 saturated carbocycles. The SMILES string of the molecule is COc1ccc(CNc2ccnc(C(=O)NCc3cccnc3)c2)cc1OC. The van der Waals surface area contributed by atoms with Crippen LogP contribution in [0.5, 0.6) is 11.5 Å². The molecule has 0 fully saturated rings. The van der Waals surface area contributed by atoms with Crippen molar-refractivity contribution in [2.24, 2.45) is 0 Å². The summed E-state index contributed by atoms with van der Waals surface area (Å²) in [7, 11) is 3.21. The van der Waals surface area contributed by atoms with Crippen molar-refractivity contribution < 1.29 is 14.3 Å². The zero-order valence-corrected chi connectivity index (χ0v) is 15.8. The van der Waals surface area contributed by atoms with E-state index in [1.54, 1.807) is 38.9 Å². The van der Waals surface area contributed by atoms with E-state index < -0.39 is 0 Å². The number of pyridine rings is 2. The molecule has 0 radical (unpaired) electrons. The second kappa shape index (κ2) is 9.36.